The van der Waals surface area contributed by atoms with E-state index in [4.69, 9.17) is 0 Å². The first-order valence-electron chi connectivity index (χ1n) is 6.07. The normalized spacial score (nSPS) is 10.6. The average Bonchev–Trinajstić information content (AvgIpc) is 2.72. The van der Waals surface area contributed by atoms with Gasteiger partial charge in [-0.1, -0.05) is 18.2 Å². The van der Waals surface area contributed by atoms with E-state index in [2.05, 4.69) is 33.0 Å². The molecule has 1 N–H and O–H groups in total. The molecule has 0 radical (unpaired) electrons. The lowest BCUT2D eigenvalue weighted by Crippen LogP contribution is -2.06. The number of carbonyl (C=O) groups is 1. The predicted octanol–water partition coefficient (Wildman–Crippen LogP) is 2.54. The van der Waals surface area contributed by atoms with Gasteiger partial charge < -0.3 is 14.6 Å². The fourth-order valence-electron chi connectivity index (χ4n) is 2.04. The molecule has 0 aliphatic carbocycles. The van der Waals surface area contributed by atoms with E-state index in [9.17, 15) is 4.79 Å². The molecule has 0 aliphatic rings. The molecule has 1 aromatic carbocycles. The predicted molar refractivity (Wildman–Crippen MR) is 72.7 cm³/mol. The van der Waals surface area contributed by atoms with E-state index in [0.717, 1.165) is 18.7 Å². The van der Waals surface area contributed by atoms with Crippen molar-refractivity contribution in [3.63, 3.8) is 0 Å². The third-order valence-corrected chi connectivity index (χ3v) is 3.00. The molecule has 0 saturated carbocycles. The number of esters is 1. The number of carbonyl (C=O) groups excluding carboxylic acids is 1. The van der Waals surface area contributed by atoms with Crippen molar-refractivity contribution in [3.05, 3.63) is 30.5 Å². The van der Waals surface area contributed by atoms with Gasteiger partial charge in [0.25, 0.3) is 0 Å². The van der Waals surface area contributed by atoms with Gasteiger partial charge in [-0.3, -0.25) is 4.79 Å². The van der Waals surface area contributed by atoms with Crippen LogP contribution in [0.25, 0.3) is 10.9 Å². The van der Waals surface area contributed by atoms with Crippen molar-refractivity contribution in [2.45, 2.75) is 12.8 Å². The molecule has 0 unspecified atom stereocenters. The zero-order chi connectivity index (χ0) is 13.0. The molecule has 0 fully saturated rings. The van der Waals surface area contributed by atoms with Crippen LogP contribution in [-0.4, -0.2) is 24.2 Å². The van der Waals surface area contributed by atoms with Gasteiger partial charge >= 0.3 is 5.97 Å². The van der Waals surface area contributed by atoms with Crippen molar-refractivity contribution in [2.75, 3.05) is 19.0 Å². The first-order valence-corrected chi connectivity index (χ1v) is 6.07. The minimum Gasteiger partial charge on any atom is -0.469 e. The summed E-state index contributed by atoms with van der Waals surface area (Å²) in [4.78, 5) is 11.0. The number of nitrogens with one attached hydrogen (secondary N) is 1. The number of aryl methyl sites for hydroxylation is 1. The standard InChI is InChI=1S/C14H18N2O2/c1-16-10-12(11-6-3-4-7-13(11)16)15-9-5-8-14(17)18-2/h3-4,6-7,10,15H,5,8-9H2,1-2H3. The summed E-state index contributed by atoms with van der Waals surface area (Å²) in [5, 5.41) is 4.57. The zero-order valence-corrected chi connectivity index (χ0v) is 10.8. The van der Waals surface area contributed by atoms with Crippen LogP contribution in [0.1, 0.15) is 12.8 Å². The van der Waals surface area contributed by atoms with Gasteiger partial charge in [-0.25, -0.2) is 0 Å². The molecule has 0 atom stereocenters. The largest absolute Gasteiger partial charge is 0.469 e. The summed E-state index contributed by atoms with van der Waals surface area (Å²) in [6.45, 7) is 0.767. The first-order chi connectivity index (χ1) is 8.72. The number of para-hydroxylation sites is 1. The van der Waals surface area contributed by atoms with Crippen molar-refractivity contribution in [1.82, 2.24) is 4.57 Å². The van der Waals surface area contributed by atoms with Crippen LogP contribution in [-0.2, 0) is 16.6 Å². The number of aromatic nitrogens is 1. The molecule has 0 aliphatic heterocycles. The fourth-order valence-corrected chi connectivity index (χ4v) is 2.04. The molecule has 96 valence electrons. The molecule has 0 amide bonds. The van der Waals surface area contributed by atoms with Crippen molar-refractivity contribution in [1.29, 1.82) is 0 Å². The monoisotopic (exact) mass is 246 g/mol. The summed E-state index contributed by atoms with van der Waals surface area (Å²) in [6, 6.07) is 8.25. The van der Waals surface area contributed by atoms with E-state index in [1.54, 1.807) is 0 Å². The highest BCUT2D eigenvalue weighted by Crippen LogP contribution is 2.24. The Labute approximate surface area is 107 Å². The molecule has 0 saturated heterocycles. The maximum atomic E-state index is 11.0. The van der Waals surface area contributed by atoms with E-state index in [-0.39, 0.29) is 5.97 Å². The minimum absolute atomic E-state index is 0.158. The first kappa shape index (κ1) is 12.5. The number of benzene rings is 1. The number of rotatable bonds is 5. The Morgan fingerprint density at radius 1 is 1.39 bits per heavy atom. The third-order valence-electron chi connectivity index (χ3n) is 3.00. The van der Waals surface area contributed by atoms with Gasteiger partial charge in [0.15, 0.2) is 0 Å². The molecule has 4 nitrogen and oxygen atoms in total. The zero-order valence-electron chi connectivity index (χ0n) is 10.8. The van der Waals surface area contributed by atoms with Gasteiger partial charge in [0.2, 0.25) is 0 Å². The number of nitrogens with zero attached hydrogens (tertiary/aromatic N) is 1. The molecule has 0 bridgehead atoms. The number of hydrogen-bond donors (Lipinski definition) is 1. The SMILES string of the molecule is COC(=O)CCCNc1cn(C)c2ccccc12. The molecule has 4 heteroatoms. The molecular formula is C14H18N2O2. The van der Waals surface area contributed by atoms with Crippen LogP contribution in [0, 0.1) is 0 Å². The third kappa shape index (κ3) is 2.64. The molecule has 18 heavy (non-hydrogen) atoms. The van der Waals surface area contributed by atoms with Crippen LogP contribution in [0.4, 0.5) is 5.69 Å². The second-order valence-corrected chi connectivity index (χ2v) is 4.28. The van der Waals surface area contributed by atoms with Crippen molar-refractivity contribution < 1.29 is 9.53 Å². The maximum Gasteiger partial charge on any atom is 0.305 e. The van der Waals surface area contributed by atoms with Gasteiger partial charge in [0, 0.05) is 37.1 Å². The topological polar surface area (TPSA) is 43.3 Å². The van der Waals surface area contributed by atoms with Gasteiger partial charge in [-0.15, -0.1) is 0 Å². The molecule has 0 spiro atoms. The summed E-state index contributed by atoms with van der Waals surface area (Å²) in [5.41, 5.74) is 2.31. The average molecular weight is 246 g/mol. The second-order valence-electron chi connectivity index (χ2n) is 4.28. The lowest BCUT2D eigenvalue weighted by atomic mass is 10.2. The molecule has 2 aromatic rings. The quantitative estimate of drug-likeness (QED) is 0.651. The van der Waals surface area contributed by atoms with E-state index < -0.39 is 0 Å². The summed E-state index contributed by atoms with van der Waals surface area (Å²) < 4.78 is 6.70. The highest BCUT2D eigenvalue weighted by atomic mass is 16.5. The van der Waals surface area contributed by atoms with E-state index in [1.807, 2.05) is 19.2 Å². The summed E-state index contributed by atoms with van der Waals surface area (Å²) >= 11 is 0. The Morgan fingerprint density at radius 2 is 2.17 bits per heavy atom. The highest BCUT2D eigenvalue weighted by Gasteiger charge is 2.05. The minimum atomic E-state index is -0.158. The lowest BCUT2D eigenvalue weighted by Gasteiger charge is -2.04. The van der Waals surface area contributed by atoms with E-state index in [0.29, 0.717) is 6.42 Å². The van der Waals surface area contributed by atoms with Crippen LogP contribution < -0.4 is 5.32 Å². The lowest BCUT2D eigenvalue weighted by molar-refractivity contribution is -0.140. The van der Waals surface area contributed by atoms with E-state index >= 15 is 0 Å². The van der Waals surface area contributed by atoms with Crippen LogP contribution in [0.15, 0.2) is 30.5 Å². The second kappa shape index (κ2) is 5.58. The molecule has 2 rings (SSSR count). The molecule has 1 aromatic heterocycles. The summed E-state index contributed by atoms with van der Waals surface area (Å²) in [6.07, 6.45) is 3.30. The van der Waals surface area contributed by atoms with Gasteiger partial charge in [-0.2, -0.15) is 0 Å². The Balaban J connectivity index is 1.98. The van der Waals surface area contributed by atoms with E-state index in [1.165, 1.54) is 18.0 Å². The Morgan fingerprint density at radius 3 is 2.94 bits per heavy atom. The Bertz CT molecular complexity index is 546. The Kier molecular flexibility index (Phi) is 3.87. The number of methoxy groups -OCH3 is 1. The van der Waals surface area contributed by atoms with Crippen LogP contribution in [0.5, 0.6) is 0 Å². The number of fused-ring (bicyclic) bond motifs is 1. The number of anilines is 1. The van der Waals surface area contributed by atoms with Crippen molar-refractivity contribution >= 4 is 22.6 Å². The van der Waals surface area contributed by atoms with Gasteiger partial charge in [0.1, 0.15) is 0 Å². The van der Waals surface area contributed by atoms with Gasteiger partial charge in [-0.05, 0) is 12.5 Å². The maximum absolute atomic E-state index is 11.0. The van der Waals surface area contributed by atoms with Crippen molar-refractivity contribution in [3.8, 4) is 0 Å². The van der Waals surface area contributed by atoms with Crippen LogP contribution in [0.2, 0.25) is 0 Å². The smallest absolute Gasteiger partial charge is 0.305 e. The summed E-state index contributed by atoms with van der Waals surface area (Å²) in [5.74, 6) is -0.158. The van der Waals surface area contributed by atoms with Crippen LogP contribution >= 0.6 is 0 Å². The summed E-state index contributed by atoms with van der Waals surface area (Å²) in [7, 11) is 3.45. The fraction of sp³-hybridized carbons (Fsp3) is 0.357. The molecule has 1 heterocycles. The number of ether oxygens (including phenoxy) is 1. The van der Waals surface area contributed by atoms with Crippen molar-refractivity contribution in [2.24, 2.45) is 7.05 Å². The van der Waals surface area contributed by atoms with Gasteiger partial charge in [0.05, 0.1) is 12.8 Å². The van der Waals surface area contributed by atoms with Crippen LogP contribution in [0.3, 0.4) is 0 Å². The Hall–Kier alpha value is -1.97. The number of hydrogen-bond acceptors (Lipinski definition) is 3. The highest BCUT2D eigenvalue weighted by molar-refractivity contribution is 5.92. The molecular weight excluding hydrogens is 228 g/mol.